The van der Waals surface area contributed by atoms with Gasteiger partial charge in [-0.1, -0.05) is 6.07 Å². The van der Waals surface area contributed by atoms with Gasteiger partial charge >= 0.3 is 0 Å². The van der Waals surface area contributed by atoms with E-state index in [9.17, 15) is 0 Å². The summed E-state index contributed by atoms with van der Waals surface area (Å²) in [6.07, 6.45) is 3.01. The highest BCUT2D eigenvalue weighted by molar-refractivity contribution is 5.57. The number of ether oxygens (including phenoxy) is 4. The second-order valence-corrected chi connectivity index (χ2v) is 5.56. The largest absolute Gasteiger partial charge is 0.489 e. The number of benzene rings is 1. The Morgan fingerprint density at radius 3 is 2.82 bits per heavy atom. The van der Waals surface area contributed by atoms with Gasteiger partial charge < -0.3 is 24.3 Å². The van der Waals surface area contributed by atoms with E-state index in [1.165, 1.54) is 5.56 Å². The van der Waals surface area contributed by atoms with Gasteiger partial charge in [0.1, 0.15) is 12.4 Å². The lowest BCUT2D eigenvalue weighted by Gasteiger charge is -2.18. The quantitative estimate of drug-likeness (QED) is 0.711. The molecule has 1 fully saturated rings. The maximum atomic E-state index is 5.96. The minimum Gasteiger partial charge on any atom is -0.489 e. The zero-order valence-corrected chi connectivity index (χ0v) is 13.8. The van der Waals surface area contributed by atoms with Crippen LogP contribution in [0, 0.1) is 6.92 Å². The van der Waals surface area contributed by atoms with Gasteiger partial charge in [0.05, 0.1) is 11.8 Å². The highest BCUT2D eigenvalue weighted by Crippen LogP contribution is 2.27. The van der Waals surface area contributed by atoms with Crippen molar-refractivity contribution in [3.63, 3.8) is 0 Å². The summed E-state index contributed by atoms with van der Waals surface area (Å²) in [6, 6.07) is 6.18. The van der Waals surface area contributed by atoms with Crippen LogP contribution in [0.2, 0.25) is 0 Å². The molecule has 0 aliphatic carbocycles. The lowest BCUT2D eigenvalue weighted by molar-refractivity contribution is -0.103. The monoisotopic (exact) mass is 309 g/mol. The minimum atomic E-state index is -0.186. The molecule has 1 aromatic rings. The van der Waals surface area contributed by atoms with E-state index in [0.29, 0.717) is 6.61 Å². The van der Waals surface area contributed by atoms with Gasteiger partial charge in [0.2, 0.25) is 0 Å². The Morgan fingerprint density at radius 2 is 2.14 bits per heavy atom. The van der Waals surface area contributed by atoms with Crippen molar-refractivity contribution in [3.05, 3.63) is 23.8 Å². The van der Waals surface area contributed by atoms with Crippen molar-refractivity contribution in [3.8, 4) is 5.75 Å². The fourth-order valence-electron chi connectivity index (χ4n) is 2.51. The molecule has 0 radical (unpaired) electrons. The third-order valence-electron chi connectivity index (χ3n) is 3.81. The zero-order chi connectivity index (χ0) is 15.8. The standard InChI is InChI=1S/C17H27NO4/c1-13-6-7-15(18-9-8-17(19-2)20-3)16(11-13)22-12-14-5-4-10-21-14/h6-7,11,14,17-18H,4-5,8-10,12H2,1-3H3. The van der Waals surface area contributed by atoms with Gasteiger partial charge in [-0.05, 0) is 37.5 Å². The lowest BCUT2D eigenvalue weighted by Crippen LogP contribution is -2.19. The molecule has 5 heteroatoms. The molecule has 1 heterocycles. The summed E-state index contributed by atoms with van der Waals surface area (Å²) in [5.74, 6) is 0.877. The summed E-state index contributed by atoms with van der Waals surface area (Å²) in [4.78, 5) is 0. The molecule has 1 saturated heterocycles. The van der Waals surface area contributed by atoms with Crippen molar-refractivity contribution < 1.29 is 18.9 Å². The van der Waals surface area contributed by atoms with Gasteiger partial charge in [-0.2, -0.15) is 0 Å². The van der Waals surface area contributed by atoms with Crippen molar-refractivity contribution in [2.75, 3.05) is 39.3 Å². The molecule has 1 aliphatic heterocycles. The zero-order valence-electron chi connectivity index (χ0n) is 13.8. The molecule has 0 saturated carbocycles. The molecular weight excluding hydrogens is 282 g/mol. The van der Waals surface area contributed by atoms with Crippen LogP contribution in [0.1, 0.15) is 24.8 Å². The molecule has 1 aromatic carbocycles. The molecule has 0 aromatic heterocycles. The number of hydrogen-bond acceptors (Lipinski definition) is 5. The summed E-state index contributed by atoms with van der Waals surface area (Å²) < 4.78 is 22.0. The van der Waals surface area contributed by atoms with Crippen LogP contribution in [0.5, 0.6) is 5.75 Å². The van der Waals surface area contributed by atoms with E-state index in [1.807, 2.05) is 0 Å². The first kappa shape index (κ1) is 17.1. The van der Waals surface area contributed by atoms with Crippen LogP contribution in [0.4, 0.5) is 5.69 Å². The molecule has 0 bridgehead atoms. The van der Waals surface area contributed by atoms with Crippen LogP contribution in [-0.4, -0.2) is 46.4 Å². The van der Waals surface area contributed by atoms with Gasteiger partial charge in [0.25, 0.3) is 0 Å². The Bertz CT molecular complexity index is 442. The predicted molar refractivity (Wildman–Crippen MR) is 86.6 cm³/mol. The lowest BCUT2D eigenvalue weighted by atomic mass is 10.2. The summed E-state index contributed by atoms with van der Waals surface area (Å²) in [5, 5.41) is 3.39. The van der Waals surface area contributed by atoms with Crippen molar-refractivity contribution in [2.24, 2.45) is 0 Å². The van der Waals surface area contributed by atoms with E-state index in [-0.39, 0.29) is 12.4 Å². The van der Waals surface area contributed by atoms with Crippen molar-refractivity contribution in [1.29, 1.82) is 0 Å². The van der Waals surface area contributed by atoms with Crippen LogP contribution in [0.25, 0.3) is 0 Å². The first-order chi connectivity index (χ1) is 10.7. The second kappa shape index (κ2) is 8.98. The summed E-state index contributed by atoms with van der Waals surface area (Å²) in [6.45, 7) is 4.28. The highest BCUT2D eigenvalue weighted by Gasteiger charge is 2.17. The summed E-state index contributed by atoms with van der Waals surface area (Å²) in [7, 11) is 3.30. The smallest absolute Gasteiger partial charge is 0.158 e. The van der Waals surface area contributed by atoms with Crippen molar-refractivity contribution >= 4 is 5.69 Å². The average molecular weight is 309 g/mol. The Balaban J connectivity index is 1.88. The molecule has 1 unspecified atom stereocenters. The topological polar surface area (TPSA) is 49.0 Å². The van der Waals surface area contributed by atoms with Gasteiger partial charge in [0.15, 0.2) is 6.29 Å². The molecule has 0 spiro atoms. The molecule has 22 heavy (non-hydrogen) atoms. The van der Waals surface area contributed by atoms with Gasteiger partial charge in [0, 0.05) is 33.8 Å². The molecule has 0 amide bonds. The highest BCUT2D eigenvalue weighted by atomic mass is 16.7. The molecule has 124 valence electrons. The third kappa shape index (κ3) is 5.16. The van der Waals surface area contributed by atoms with Crippen LogP contribution in [0.3, 0.4) is 0 Å². The Labute approximate surface area is 132 Å². The van der Waals surface area contributed by atoms with E-state index < -0.39 is 0 Å². The van der Waals surface area contributed by atoms with Crippen LogP contribution < -0.4 is 10.1 Å². The van der Waals surface area contributed by atoms with Crippen molar-refractivity contribution in [2.45, 2.75) is 38.6 Å². The Kier molecular flexibility index (Phi) is 6.96. The molecule has 1 aliphatic rings. The average Bonchev–Trinajstić information content (AvgIpc) is 3.04. The van der Waals surface area contributed by atoms with Gasteiger partial charge in [-0.25, -0.2) is 0 Å². The number of hydrogen-bond donors (Lipinski definition) is 1. The summed E-state index contributed by atoms with van der Waals surface area (Å²) in [5.41, 5.74) is 2.18. The fraction of sp³-hybridized carbons (Fsp3) is 0.647. The SMILES string of the molecule is COC(CCNc1ccc(C)cc1OCC1CCCO1)OC. The van der Waals surface area contributed by atoms with E-state index in [0.717, 1.165) is 43.9 Å². The minimum absolute atomic E-state index is 0.186. The maximum absolute atomic E-state index is 5.96. The Morgan fingerprint density at radius 1 is 1.32 bits per heavy atom. The first-order valence-electron chi connectivity index (χ1n) is 7.87. The number of rotatable bonds is 9. The number of nitrogens with one attached hydrogen (secondary N) is 1. The molecule has 5 nitrogen and oxygen atoms in total. The Hall–Kier alpha value is -1.30. The van der Waals surface area contributed by atoms with Crippen LogP contribution in [0.15, 0.2) is 18.2 Å². The maximum Gasteiger partial charge on any atom is 0.158 e. The second-order valence-electron chi connectivity index (χ2n) is 5.56. The van der Waals surface area contributed by atoms with E-state index in [1.54, 1.807) is 14.2 Å². The summed E-state index contributed by atoms with van der Waals surface area (Å²) >= 11 is 0. The molecule has 1 N–H and O–H groups in total. The van der Waals surface area contributed by atoms with Gasteiger partial charge in [-0.3, -0.25) is 0 Å². The van der Waals surface area contributed by atoms with Crippen molar-refractivity contribution in [1.82, 2.24) is 0 Å². The van der Waals surface area contributed by atoms with E-state index in [4.69, 9.17) is 18.9 Å². The van der Waals surface area contributed by atoms with Crippen LogP contribution in [-0.2, 0) is 14.2 Å². The molecule has 1 atom stereocenters. The predicted octanol–water partition coefficient (Wildman–Crippen LogP) is 2.97. The van der Waals surface area contributed by atoms with E-state index >= 15 is 0 Å². The van der Waals surface area contributed by atoms with Crippen LogP contribution >= 0.6 is 0 Å². The number of methoxy groups -OCH3 is 2. The van der Waals surface area contributed by atoms with E-state index in [2.05, 4.69) is 30.4 Å². The molecular formula is C17H27NO4. The number of anilines is 1. The first-order valence-corrected chi connectivity index (χ1v) is 7.87. The number of aryl methyl sites for hydroxylation is 1. The molecule has 2 rings (SSSR count). The van der Waals surface area contributed by atoms with Gasteiger partial charge in [-0.15, -0.1) is 0 Å². The fourth-order valence-corrected chi connectivity index (χ4v) is 2.51. The normalized spacial score (nSPS) is 17.9. The third-order valence-corrected chi connectivity index (χ3v) is 3.81.